The first-order chi connectivity index (χ1) is 8.76. The standard InChI is InChI=1S/C13H19N5/c1-4-14-13(11-6-8-15-10(3)17-11)12-7-9-16-18(12)5-2/h6-9,13-14H,4-5H2,1-3H3. The minimum Gasteiger partial charge on any atom is -0.304 e. The first-order valence-electron chi connectivity index (χ1n) is 6.30. The third-order valence-corrected chi connectivity index (χ3v) is 2.85. The predicted molar refractivity (Wildman–Crippen MR) is 70.2 cm³/mol. The largest absolute Gasteiger partial charge is 0.304 e. The highest BCUT2D eigenvalue weighted by atomic mass is 15.3. The van der Waals surface area contributed by atoms with Gasteiger partial charge in [0.25, 0.3) is 0 Å². The van der Waals surface area contributed by atoms with Gasteiger partial charge in [0.1, 0.15) is 5.82 Å². The predicted octanol–water partition coefficient (Wildman–Crippen LogP) is 1.70. The Morgan fingerprint density at radius 2 is 2.11 bits per heavy atom. The van der Waals surface area contributed by atoms with Crippen molar-refractivity contribution in [3.63, 3.8) is 0 Å². The molecule has 5 heteroatoms. The van der Waals surface area contributed by atoms with E-state index in [4.69, 9.17) is 0 Å². The van der Waals surface area contributed by atoms with E-state index in [2.05, 4.69) is 34.2 Å². The normalized spacial score (nSPS) is 12.6. The number of nitrogens with zero attached hydrogens (tertiary/aromatic N) is 4. The summed E-state index contributed by atoms with van der Waals surface area (Å²) in [5, 5.41) is 7.77. The van der Waals surface area contributed by atoms with E-state index >= 15 is 0 Å². The Morgan fingerprint density at radius 1 is 1.28 bits per heavy atom. The van der Waals surface area contributed by atoms with Gasteiger partial charge in [-0.05, 0) is 32.5 Å². The van der Waals surface area contributed by atoms with E-state index in [1.165, 1.54) is 0 Å². The van der Waals surface area contributed by atoms with Crippen LogP contribution in [0.15, 0.2) is 24.5 Å². The summed E-state index contributed by atoms with van der Waals surface area (Å²) >= 11 is 0. The topological polar surface area (TPSA) is 55.6 Å². The van der Waals surface area contributed by atoms with Crippen LogP contribution in [0.2, 0.25) is 0 Å². The maximum absolute atomic E-state index is 4.51. The number of hydrogen-bond donors (Lipinski definition) is 1. The van der Waals surface area contributed by atoms with E-state index in [0.29, 0.717) is 0 Å². The maximum Gasteiger partial charge on any atom is 0.125 e. The zero-order chi connectivity index (χ0) is 13.0. The molecule has 0 aliphatic heterocycles. The van der Waals surface area contributed by atoms with Crippen molar-refractivity contribution in [3.05, 3.63) is 41.7 Å². The van der Waals surface area contributed by atoms with Crippen molar-refractivity contribution < 1.29 is 0 Å². The van der Waals surface area contributed by atoms with Gasteiger partial charge in [-0.15, -0.1) is 0 Å². The lowest BCUT2D eigenvalue weighted by Gasteiger charge is -2.18. The number of hydrogen-bond acceptors (Lipinski definition) is 4. The molecule has 5 nitrogen and oxygen atoms in total. The van der Waals surface area contributed by atoms with E-state index in [-0.39, 0.29) is 6.04 Å². The fourth-order valence-corrected chi connectivity index (χ4v) is 2.05. The summed E-state index contributed by atoms with van der Waals surface area (Å²) in [6.07, 6.45) is 3.63. The van der Waals surface area contributed by atoms with Crippen LogP contribution in [0.4, 0.5) is 0 Å². The molecule has 2 heterocycles. The Hall–Kier alpha value is -1.75. The molecule has 1 atom stereocenters. The van der Waals surface area contributed by atoms with Crippen molar-refractivity contribution in [3.8, 4) is 0 Å². The van der Waals surface area contributed by atoms with Crippen LogP contribution < -0.4 is 5.32 Å². The summed E-state index contributed by atoms with van der Waals surface area (Å²) in [6, 6.07) is 4.06. The zero-order valence-corrected chi connectivity index (χ0v) is 11.1. The third-order valence-electron chi connectivity index (χ3n) is 2.85. The highest BCUT2D eigenvalue weighted by Crippen LogP contribution is 2.19. The summed E-state index contributed by atoms with van der Waals surface area (Å²) in [7, 11) is 0. The molecule has 0 bridgehead atoms. The maximum atomic E-state index is 4.51. The number of aromatic nitrogens is 4. The lowest BCUT2D eigenvalue weighted by molar-refractivity contribution is 0.533. The summed E-state index contributed by atoms with van der Waals surface area (Å²) in [4.78, 5) is 8.65. The third kappa shape index (κ3) is 2.56. The molecule has 0 fully saturated rings. The van der Waals surface area contributed by atoms with E-state index < -0.39 is 0 Å². The molecular formula is C13H19N5. The highest BCUT2D eigenvalue weighted by molar-refractivity contribution is 5.21. The summed E-state index contributed by atoms with van der Waals surface area (Å²) in [6.45, 7) is 7.82. The van der Waals surface area contributed by atoms with Crippen LogP contribution in [0.1, 0.15) is 37.1 Å². The van der Waals surface area contributed by atoms with Crippen molar-refractivity contribution in [1.82, 2.24) is 25.1 Å². The first kappa shape index (κ1) is 12.7. The summed E-state index contributed by atoms with van der Waals surface area (Å²) in [5.74, 6) is 0.790. The number of rotatable bonds is 5. The van der Waals surface area contributed by atoms with Gasteiger partial charge in [0, 0.05) is 18.9 Å². The van der Waals surface area contributed by atoms with Gasteiger partial charge in [0.05, 0.1) is 17.4 Å². The second-order valence-corrected chi connectivity index (χ2v) is 4.09. The van der Waals surface area contributed by atoms with Crippen molar-refractivity contribution in [2.45, 2.75) is 33.4 Å². The van der Waals surface area contributed by atoms with Crippen LogP contribution in [-0.2, 0) is 6.54 Å². The van der Waals surface area contributed by atoms with E-state index in [0.717, 1.165) is 30.3 Å². The van der Waals surface area contributed by atoms with Gasteiger partial charge in [-0.1, -0.05) is 6.92 Å². The van der Waals surface area contributed by atoms with Crippen LogP contribution >= 0.6 is 0 Å². The molecule has 0 aliphatic carbocycles. The molecule has 1 unspecified atom stereocenters. The number of aryl methyl sites for hydroxylation is 2. The van der Waals surface area contributed by atoms with E-state index in [9.17, 15) is 0 Å². The summed E-state index contributed by atoms with van der Waals surface area (Å²) in [5.41, 5.74) is 2.12. The molecule has 1 N–H and O–H groups in total. The second-order valence-electron chi connectivity index (χ2n) is 4.09. The van der Waals surface area contributed by atoms with Gasteiger partial charge < -0.3 is 5.32 Å². The monoisotopic (exact) mass is 245 g/mol. The Labute approximate surface area is 107 Å². The Kier molecular flexibility index (Phi) is 4.04. The first-order valence-corrected chi connectivity index (χ1v) is 6.30. The molecule has 0 spiro atoms. The SMILES string of the molecule is CCNC(c1ccnc(C)n1)c1ccnn1CC. The fraction of sp³-hybridized carbons (Fsp3) is 0.462. The molecule has 2 rings (SSSR count). The molecule has 2 aromatic rings. The molecule has 18 heavy (non-hydrogen) atoms. The average molecular weight is 245 g/mol. The Morgan fingerprint density at radius 3 is 2.78 bits per heavy atom. The highest BCUT2D eigenvalue weighted by Gasteiger charge is 2.18. The van der Waals surface area contributed by atoms with E-state index in [1.54, 1.807) is 6.20 Å². The van der Waals surface area contributed by atoms with Crippen molar-refractivity contribution in [2.75, 3.05) is 6.54 Å². The van der Waals surface area contributed by atoms with Gasteiger partial charge in [-0.2, -0.15) is 5.10 Å². The molecule has 2 aromatic heterocycles. The van der Waals surface area contributed by atoms with Crippen LogP contribution in [0.3, 0.4) is 0 Å². The Bertz CT molecular complexity index is 506. The quantitative estimate of drug-likeness (QED) is 0.871. The minimum absolute atomic E-state index is 0.0687. The fourth-order valence-electron chi connectivity index (χ4n) is 2.05. The van der Waals surface area contributed by atoms with E-state index in [1.807, 2.05) is 29.9 Å². The van der Waals surface area contributed by atoms with Crippen LogP contribution in [0.25, 0.3) is 0 Å². The van der Waals surface area contributed by atoms with Gasteiger partial charge in [-0.25, -0.2) is 9.97 Å². The van der Waals surface area contributed by atoms with Crippen LogP contribution in [0, 0.1) is 6.92 Å². The molecule has 0 saturated heterocycles. The molecule has 0 radical (unpaired) electrons. The lowest BCUT2D eigenvalue weighted by atomic mass is 10.1. The van der Waals surface area contributed by atoms with Crippen molar-refractivity contribution >= 4 is 0 Å². The van der Waals surface area contributed by atoms with Gasteiger partial charge in [0.2, 0.25) is 0 Å². The van der Waals surface area contributed by atoms with Gasteiger partial charge in [0.15, 0.2) is 0 Å². The molecule has 0 aliphatic rings. The second kappa shape index (κ2) is 5.73. The Balaban J connectivity index is 2.39. The minimum atomic E-state index is 0.0687. The summed E-state index contributed by atoms with van der Waals surface area (Å²) < 4.78 is 1.99. The molecular weight excluding hydrogens is 226 g/mol. The van der Waals surface area contributed by atoms with Gasteiger partial charge in [-0.3, -0.25) is 4.68 Å². The molecule has 0 saturated carbocycles. The average Bonchev–Trinajstić information content (AvgIpc) is 2.84. The van der Waals surface area contributed by atoms with Crippen LogP contribution in [-0.4, -0.2) is 26.3 Å². The van der Waals surface area contributed by atoms with Gasteiger partial charge >= 0.3 is 0 Å². The lowest BCUT2D eigenvalue weighted by Crippen LogP contribution is -2.26. The zero-order valence-electron chi connectivity index (χ0n) is 11.1. The molecule has 0 amide bonds. The smallest absolute Gasteiger partial charge is 0.125 e. The molecule has 96 valence electrons. The van der Waals surface area contributed by atoms with Crippen molar-refractivity contribution in [1.29, 1.82) is 0 Å². The number of nitrogens with one attached hydrogen (secondary N) is 1. The van der Waals surface area contributed by atoms with Crippen LogP contribution in [0.5, 0.6) is 0 Å². The molecule has 0 aromatic carbocycles. The van der Waals surface area contributed by atoms with Crippen molar-refractivity contribution in [2.24, 2.45) is 0 Å².